The number of nitrogens with one attached hydrogen (secondary N) is 1. The number of allylic oxidation sites excluding steroid dienone is 3. The molecular weight excluding hydrogens is 245 g/mol. The van der Waals surface area contributed by atoms with Gasteiger partial charge in [0.05, 0.1) is 5.57 Å². The van der Waals surface area contributed by atoms with Crippen molar-refractivity contribution in [2.45, 2.75) is 19.1 Å². The summed E-state index contributed by atoms with van der Waals surface area (Å²) in [5, 5.41) is 2.62. The molecule has 3 nitrogen and oxygen atoms in total. The molecule has 0 spiro atoms. The Morgan fingerprint density at radius 3 is 2.50 bits per heavy atom. The third kappa shape index (κ3) is 2.99. The second-order valence-corrected chi connectivity index (χ2v) is 3.23. The highest BCUT2D eigenvalue weighted by Crippen LogP contribution is 2.32. The van der Waals surface area contributed by atoms with E-state index in [9.17, 15) is 18.0 Å². The molecule has 0 saturated carbocycles. The highest BCUT2D eigenvalue weighted by Gasteiger charge is 2.38. The molecular formula is C9H12ClF3N2O. The quantitative estimate of drug-likeness (QED) is 0.733. The number of hydrogen-bond donors (Lipinski definition) is 2. The molecule has 16 heavy (non-hydrogen) atoms. The average Bonchev–Trinajstić information content (AvgIpc) is 2.15. The van der Waals surface area contributed by atoms with Gasteiger partial charge in [-0.05, 0) is 18.6 Å². The predicted molar refractivity (Wildman–Crippen MR) is 56.1 cm³/mol. The van der Waals surface area contributed by atoms with E-state index in [1.165, 1.54) is 6.92 Å². The average molecular weight is 257 g/mol. The Kier molecular flexibility index (Phi) is 5.02. The Labute approximate surface area is 97.0 Å². The zero-order chi connectivity index (χ0) is 11.6. The van der Waals surface area contributed by atoms with E-state index < -0.39 is 17.8 Å². The maximum atomic E-state index is 12.6. The molecule has 1 aliphatic rings. The van der Waals surface area contributed by atoms with E-state index >= 15 is 0 Å². The number of aldehydes is 1. The molecule has 1 heterocycles. The van der Waals surface area contributed by atoms with Gasteiger partial charge in [-0.2, -0.15) is 13.2 Å². The van der Waals surface area contributed by atoms with Gasteiger partial charge in [-0.1, -0.05) is 0 Å². The molecule has 1 unspecified atom stereocenters. The molecule has 1 rings (SSSR count). The Hall–Kier alpha value is -1.01. The molecule has 0 amide bonds. The summed E-state index contributed by atoms with van der Waals surface area (Å²) < 4.78 is 37.7. The van der Waals surface area contributed by atoms with Gasteiger partial charge in [0, 0.05) is 12.2 Å². The summed E-state index contributed by atoms with van der Waals surface area (Å²) in [6, 6.07) is -0.975. The lowest BCUT2D eigenvalue weighted by Gasteiger charge is -2.26. The van der Waals surface area contributed by atoms with Crippen LogP contribution in [0.5, 0.6) is 0 Å². The van der Waals surface area contributed by atoms with E-state index in [2.05, 4.69) is 5.32 Å². The van der Waals surface area contributed by atoms with Gasteiger partial charge in [-0.15, -0.1) is 12.4 Å². The summed E-state index contributed by atoms with van der Waals surface area (Å²) in [6.07, 6.45) is -3.09. The molecule has 1 atom stereocenters. The molecule has 0 fully saturated rings. The van der Waals surface area contributed by atoms with Crippen molar-refractivity contribution in [1.29, 1.82) is 0 Å². The van der Waals surface area contributed by atoms with Crippen molar-refractivity contribution in [2.75, 3.05) is 6.54 Å². The van der Waals surface area contributed by atoms with Gasteiger partial charge in [0.25, 0.3) is 0 Å². The van der Waals surface area contributed by atoms with E-state index in [0.29, 0.717) is 12.0 Å². The van der Waals surface area contributed by atoms with Crippen LogP contribution in [-0.2, 0) is 4.79 Å². The van der Waals surface area contributed by atoms with Gasteiger partial charge in [-0.25, -0.2) is 0 Å². The van der Waals surface area contributed by atoms with Crippen molar-refractivity contribution >= 4 is 18.7 Å². The SMILES string of the molecule is CC1=CC(C(F)(F)F)=C(CN)C(C=O)N1.Cl. The summed E-state index contributed by atoms with van der Waals surface area (Å²) in [7, 11) is 0. The van der Waals surface area contributed by atoms with Crippen molar-refractivity contribution in [3.8, 4) is 0 Å². The lowest BCUT2D eigenvalue weighted by atomic mass is 9.96. The Morgan fingerprint density at radius 1 is 1.56 bits per heavy atom. The fourth-order valence-electron chi connectivity index (χ4n) is 1.47. The number of carbonyl (C=O) groups excluding carboxylic acids is 1. The van der Waals surface area contributed by atoms with Gasteiger partial charge in [0.15, 0.2) is 0 Å². The van der Waals surface area contributed by atoms with Gasteiger partial charge in [0.1, 0.15) is 12.3 Å². The molecule has 0 radical (unpaired) electrons. The minimum atomic E-state index is -4.47. The molecule has 92 valence electrons. The minimum Gasteiger partial charge on any atom is -0.376 e. The molecule has 0 aromatic carbocycles. The van der Waals surface area contributed by atoms with Gasteiger partial charge in [-0.3, -0.25) is 0 Å². The molecule has 0 aromatic rings. The largest absolute Gasteiger partial charge is 0.416 e. The van der Waals surface area contributed by atoms with Crippen LogP contribution >= 0.6 is 12.4 Å². The van der Waals surface area contributed by atoms with E-state index in [4.69, 9.17) is 5.73 Å². The fraction of sp³-hybridized carbons (Fsp3) is 0.444. The highest BCUT2D eigenvalue weighted by molar-refractivity contribution is 5.85. The molecule has 1 aliphatic heterocycles. The Bertz CT molecular complexity index is 336. The number of carbonyl (C=O) groups is 1. The molecule has 0 aromatic heterocycles. The van der Waals surface area contributed by atoms with Crippen molar-refractivity contribution < 1.29 is 18.0 Å². The first-order valence-electron chi connectivity index (χ1n) is 4.30. The maximum absolute atomic E-state index is 12.6. The van der Waals surface area contributed by atoms with Crippen LogP contribution in [0.25, 0.3) is 0 Å². The molecule has 0 saturated heterocycles. The van der Waals surface area contributed by atoms with Crippen molar-refractivity contribution in [3.05, 3.63) is 22.9 Å². The Balaban J connectivity index is 0.00000225. The Morgan fingerprint density at radius 2 is 2.12 bits per heavy atom. The smallest absolute Gasteiger partial charge is 0.376 e. The zero-order valence-electron chi connectivity index (χ0n) is 8.47. The highest BCUT2D eigenvalue weighted by atomic mass is 35.5. The van der Waals surface area contributed by atoms with Crippen molar-refractivity contribution in [3.63, 3.8) is 0 Å². The summed E-state index contributed by atoms with van der Waals surface area (Å²) in [6.45, 7) is 1.17. The first-order chi connectivity index (χ1) is 6.90. The van der Waals surface area contributed by atoms with Gasteiger partial charge in [0.2, 0.25) is 0 Å². The number of hydrogen-bond acceptors (Lipinski definition) is 3. The molecule has 0 aliphatic carbocycles. The topological polar surface area (TPSA) is 55.1 Å². The number of dihydropyridines is 1. The summed E-state index contributed by atoms with van der Waals surface area (Å²) in [5.74, 6) is 0. The standard InChI is InChI=1S/C9H11F3N2O.ClH/c1-5-2-7(9(10,11)12)6(3-13)8(4-15)14-5;/h2,4,8,14H,3,13H2,1H3;1H. The van der Waals surface area contributed by atoms with Crippen molar-refractivity contribution in [2.24, 2.45) is 5.73 Å². The summed E-state index contributed by atoms with van der Waals surface area (Å²) >= 11 is 0. The van der Waals surface area contributed by atoms with Gasteiger partial charge < -0.3 is 15.8 Å². The zero-order valence-corrected chi connectivity index (χ0v) is 9.28. The third-order valence-electron chi connectivity index (χ3n) is 2.13. The summed E-state index contributed by atoms with van der Waals surface area (Å²) in [5.41, 5.74) is 4.58. The third-order valence-corrected chi connectivity index (χ3v) is 2.13. The fourth-order valence-corrected chi connectivity index (χ4v) is 1.47. The van der Waals surface area contributed by atoms with Crippen LogP contribution < -0.4 is 11.1 Å². The normalized spacial score (nSPS) is 20.8. The first kappa shape index (κ1) is 15.0. The maximum Gasteiger partial charge on any atom is 0.416 e. The van der Waals surface area contributed by atoms with Crippen LogP contribution in [0.4, 0.5) is 13.2 Å². The molecule has 7 heteroatoms. The van der Waals surface area contributed by atoms with Crippen LogP contribution in [0.2, 0.25) is 0 Å². The van der Waals surface area contributed by atoms with E-state index in [-0.39, 0.29) is 24.5 Å². The first-order valence-corrected chi connectivity index (χ1v) is 4.30. The second kappa shape index (κ2) is 5.36. The van der Waals surface area contributed by atoms with Crippen LogP contribution in [0.1, 0.15) is 6.92 Å². The second-order valence-electron chi connectivity index (χ2n) is 3.23. The van der Waals surface area contributed by atoms with E-state index in [1.807, 2.05) is 0 Å². The predicted octanol–water partition coefficient (Wildman–Crippen LogP) is 1.30. The summed E-state index contributed by atoms with van der Waals surface area (Å²) in [4.78, 5) is 10.6. The molecule has 3 N–H and O–H groups in total. The van der Waals surface area contributed by atoms with Gasteiger partial charge >= 0.3 is 6.18 Å². The lowest BCUT2D eigenvalue weighted by Crippen LogP contribution is -2.39. The number of halogens is 4. The number of alkyl halides is 3. The van der Waals surface area contributed by atoms with E-state index in [0.717, 1.165) is 6.08 Å². The molecule has 0 bridgehead atoms. The van der Waals surface area contributed by atoms with Crippen LogP contribution in [0, 0.1) is 0 Å². The van der Waals surface area contributed by atoms with E-state index in [1.54, 1.807) is 0 Å². The number of rotatable bonds is 2. The van der Waals surface area contributed by atoms with Crippen molar-refractivity contribution in [1.82, 2.24) is 5.32 Å². The van der Waals surface area contributed by atoms with Crippen LogP contribution in [0.3, 0.4) is 0 Å². The monoisotopic (exact) mass is 256 g/mol. The number of nitrogens with two attached hydrogens (primary N) is 1. The van der Waals surface area contributed by atoms with Crippen LogP contribution in [0.15, 0.2) is 22.9 Å². The lowest BCUT2D eigenvalue weighted by molar-refractivity contribution is -0.109. The van der Waals surface area contributed by atoms with Crippen LogP contribution in [-0.4, -0.2) is 25.0 Å². The minimum absolute atomic E-state index is 0.